The molecule has 0 fully saturated rings. The van der Waals surface area contributed by atoms with Crippen LogP contribution in [0.2, 0.25) is 0 Å². The van der Waals surface area contributed by atoms with E-state index in [1.165, 1.54) is 12.1 Å². The minimum Gasteiger partial charge on any atom is -0.480 e. The average Bonchev–Trinajstić information content (AvgIpc) is 2.98. The van der Waals surface area contributed by atoms with Gasteiger partial charge in [0.1, 0.15) is 11.0 Å². The number of nitrogens with zero attached hydrogens (tertiary/aromatic N) is 1. The summed E-state index contributed by atoms with van der Waals surface area (Å²) >= 11 is 11.4. The van der Waals surface area contributed by atoms with Gasteiger partial charge in [-0.25, -0.2) is 8.42 Å². The number of carbonyl (C=O) groups is 1. The molecule has 3 rings (SSSR count). The van der Waals surface area contributed by atoms with E-state index in [0.29, 0.717) is 35.8 Å². The maximum atomic E-state index is 13.5. The number of carboxylic acid groups (broad SMARTS) is 1. The molecule has 230 valence electrons. The maximum Gasteiger partial charge on any atom is 0.322 e. The minimum atomic E-state index is -3.99. The second-order valence-corrected chi connectivity index (χ2v) is 13.7. The minimum absolute atomic E-state index is 0.0443. The van der Waals surface area contributed by atoms with Crippen LogP contribution >= 0.6 is 24.4 Å². The van der Waals surface area contributed by atoms with Crippen molar-refractivity contribution in [3.63, 3.8) is 0 Å². The molecular weight excluding hydrogens is 599 g/mol. The number of unbranched alkanes of at least 4 members (excludes halogenated alkanes) is 1. The molecule has 10 heteroatoms. The number of aryl methyl sites for hydroxylation is 1. The summed E-state index contributed by atoms with van der Waals surface area (Å²) in [5, 5.41) is 16.8. The summed E-state index contributed by atoms with van der Waals surface area (Å²) in [6, 6.07) is 24.8. The van der Waals surface area contributed by atoms with Crippen molar-refractivity contribution in [1.29, 1.82) is 0 Å². The fourth-order valence-corrected chi connectivity index (χ4v) is 6.98. The van der Waals surface area contributed by atoms with Crippen molar-refractivity contribution in [3.05, 3.63) is 102 Å². The van der Waals surface area contributed by atoms with E-state index in [2.05, 4.69) is 10.6 Å². The molecule has 0 aliphatic heterocycles. The highest BCUT2D eigenvalue weighted by Gasteiger charge is 2.36. The van der Waals surface area contributed by atoms with Crippen LogP contribution in [0.15, 0.2) is 89.8 Å². The van der Waals surface area contributed by atoms with Crippen LogP contribution in [0.4, 0.5) is 0 Å². The van der Waals surface area contributed by atoms with Gasteiger partial charge in [0, 0.05) is 18.7 Å². The molecule has 43 heavy (non-hydrogen) atoms. The molecule has 2 atom stereocenters. The van der Waals surface area contributed by atoms with E-state index < -0.39 is 22.0 Å². The number of thiocarbonyl (C=S) groups is 2. The van der Waals surface area contributed by atoms with Crippen LogP contribution in [0.5, 0.6) is 0 Å². The highest BCUT2D eigenvalue weighted by Crippen LogP contribution is 2.23. The molecule has 0 saturated carbocycles. The first-order chi connectivity index (χ1) is 20.5. The van der Waals surface area contributed by atoms with E-state index in [1.54, 1.807) is 12.1 Å². The average molecular weight is 640 g/mol. The molecule has 3 N–H and O–H groups in total. The normalized spacial score (nSPS) is 13.0. The van der Waals surface area contributed by atoms with Crippen molar-refractivity contribution in [2.24, 2.45) is 5.92 Å². The summed E-state index contributed by atoms with van der Waals surface area (Å²) in [6.07, 6.45) is 1.95. The zero-order chi connectivity index (χ0) is 31.4. The number of aliphatic carboxylic acids is 1. The van der Waals surface area contributed by atoms with Crippen LogP contribution in [0.25, 0.3) is 0 Å². The van der Waals surface area contributed by atoms with Crippen molar-refractivity contribution in [2.45, 2.75) is 63.4 Å². The predicted molar refractivity (Wildman–Crippen MR) is 181 cm³/mol. The van der Waals surface area contributed by atoms with Gasteiger partial charge in [0.15, 0.2) is 0 Å². The largest absolute Gasteiger partial charge is 0.480 e. The summed E-state index contributed by atoms with van der Waals surface area (Å²) in [7, 11) is -3.99. The first-order valence-corrected chi connectivity index (χ1v) is 16.7. The first kappa shape index (κ1) is 34.3. The summed E-state index contributed by atoms with van der Waals surface area (Å²) < 4.78 is 28.2. The van der Waals surface area contributed by atoms with Gasteiger partial charge in [-0.15, -0.1) is 0 Å². The Labute approximate surface area is 266 Å². The molecule has 0 radical (unpaired) electrons. The molecule has 0 spiro atoms. The molecule has 3 aromatic carbocycles. The van der Waals surface area contributed by atoms with Crippen LogP contribution in [-0.2, 0) is 21.2 Å². The molecule has 3 aromatic rings. The molecule has 0 aliphatic rings. The van der Waals surface area contributed by atoms with Gasteiger partial charge >= 0.3 is 5.97 Å². The lowest BCUT2D eigenvalue weighted by molar-refractivity contribution is -0.141. The Morgan fingerprint density at radius 1 is 0.907 bits per heavy atom. The Hall–Kier alpha value is -3.18. The van der Waals surface area contributed by atoms with Crippen molar-refractivity contribution in [1.82, 2.24) is 14.9 Å². The van der Waals surface area contributed by atoms with Gasteiger partial charge in [-0.3, -0.25) is 4.79 Å². The van der Waals surface area contributed by atoms with Gasteiger partial charge in [0.05, 0.1) is 15.9 Å². The van der Waals surface area contributed by atoms with E-state index in [4.69, 9.17) is 24.4 Å². The Morgan fingerprint density at radius 3 is 2.09 bits per heavy atom. The number of nitrogens with one attached hydrogen (secondary N) is 2. The Morgan fingerprint density at radius 2 is 1.51 bits per heavy atom. The van der Waals surface area contributed by atoms with E-state index in [1.807, 2.05) is 81.4 Å². The molecule has 0 saturated heterocycles. The zero-order valence-electron chi connectivity index (χ0n) is 24.9. The lowest BCUT2D eigenvalue weighted by Gasteiger charge is -2.30. The van der Waals surface area contributed by atoms with E-state index in [9.17, 15) is 18.3 Å². The monoisotopic (exact) mass is 639 g/mol. The van der Waals surface area contributed by atoms with E-state index >= 15 is 0 Å². The second-order valence-electron chi connectivity index (χ2n) is 11.0. The smallest absolute Gasteiger partial charge is 0.322 e. The summed E-state index contributed by atoms with van der Waals surface area (Å²) in [5.41, 5.74) is 2.95. The van der Waals surface area contributed by atoms with Crippen molar-refractivity contribution < 1.29 is 18.3 Å². The fourth-order valence-electron chi connectivity index (χ4n) is 4.68. The first-order valence-electron chi connectivity index (χ1n) is 14.5. The quantitative estimate of drug-likeness (QED) is 0.135. The van der Waals surface area contributed by atoms with Gasteiger partial charge in [-0.2, -0.15) is 4.31 Å². The number of benzene rings is 3. The fraction of sp³-hybridized carbons (Fsp3) is 0.364. The van der Waals surface area contributed by atoms with Crippen molar-refractivity contribution >= 4 is 50.4 Å². The summed E-state index contributed by atoms with van der Waals surface area (Å²) in [5.74, 6) is -1.20. The Bertz CT molecular complexity index is 1450. The third-order valence-electron chi connectivity index (χ3n) is 6.95. The SMILES string of the molecule is Cc1ccc(S(=O)(=O)N(CC(C)C)[C@@H](CCCCNC(=S)[C@H](Cc2ccccc2)NC(=S)c2ccccc2)C(=O)O)cc1. The third-order valence-corrected chi connectivity index (χ3v) is 9.62. The maximum absolute atomic E-state index is 13.5. The van der Waals surface area contributed by atoms with Crippen LogP contribution in [-0.4, -0.2) is 58.9 Å². The standard InChI is InChI=1S/C33H41N3O4S3/c1-24(2)23-36(43(39,40)28-19-17-25(3)18-20-28)30(33(37)38)16-10-11-21-34-32(42)29(22-26-12-6-4-7-13-26)35-31(41)27-14-8-5-9-15-27/h4-9,12-15,17-20,24,29-30H,10-11,16,21-23H2,1-3H3,(H,34,42)(H,35,41)(H,37,38)/t29-,30-/m0/s1. The molecule has 0 aliphatic carbocycles. The topological polar surface area (TPSA) is 98.7 Å². The predicted octanol–water partition coefficient (Wildman–Crippen LogP) is 5.76. The van der Waals surface area contributed by atoms with Crippen molar-refractivity contribution in [3.8, 4) is 0 Å². The molecule has 0 bridgehead atoms. The van der Waals surface area contributed by atoms with E-state index in [0.717, 1.165) is 21.0 Å². The van der Waals surface area contributed by atoms with Gasteiger partial charge in [-0.1, -0.05) is 117 Å². The van der Waals surface area contributed by atoms with Crippen LogP contribution < -0.4 is 10.6 Å². The number of sulfonamides is 1. The number of rotatable bonds is 16. The van der Waals surface area contributed by atoms with Crippen LogP contribution in [0, 0.1) is 12.8 Å². The Balaban J connectivity index is 1.63. The highest BCUT2D eigenvalue weighted by molar-refractivity contribution is 7.89. The molecular formula is C33H41N3O4S3. The molecule has 7 nitrogen and oxygen atoms in total. The van der Waals surface area contributed by atoms with Gasteiger partial charge in [0.2, 0.25) is 10.0 Å². The molecule has 0 unspecified atom stereocenters. The number of hydrogen-bond acceptors (Lipinski definition) is 5. The molecule has 0 heterocycles. The Kier molecular flexibility index (Phi) is 13.3. The number of hydrogen-bond donors (Lipinski definition) is 3. The molecule has 0 amide bonds. The van der Waals surface area contributed by atoms with E-state index in [-0.39, 0.29) is 29.8 Å². The summed E-state index contributed by atoms with van der Waals surface area (Å²) in [4.78, 5) is 13.7. The van der Waals surface area contributed by atoms with Crippen molar-refractivity contribution in [2.75, 3.05) is 13.1 Å². The van der Waals surface area contributed by atoms with Gasteiger partial charge < -0.3 is 15.7 Å². The third kappa shape index (κ3) is 10.5. The lowest BCUT2D eigenvalue weighted by Crippen LogP contribution is -2.47. The van der Waals surface area contributed by atoms with Gasteiger partial charge in [0.25, 0.3) is 0 Å². The lowest BCUT2D eigenvalue weighted by atomic mass is 10.0. The summed E-state index contributed by atoms with van der Waals surface area (Å²) in [6.45, 7) is 6.27. The second kappa shape index (κ2) is 16.6. The zero-order valence-corrected chi connectivity index (χ0v) is 27.4. The van der Waals surface area contributed by atoms with Gasteiger partial charge in [-0.05, 0) is 56.2 Å². The van der Waals surface area contributed by atoms with Crippen LogP contribution in [0.1, 0.15) is 49.8 Å². The number of carboxylic acids is 1. The highest BCUT2D eigenvalue weighted by atomic mass is 32.2. The molecule has 0 aromatic heterocycles. The van der Waals surface area contributed by atoms with Crippen LogP contribution in [0.3, 0.4) is 0 Å².